The Bertz CT molecular complexity index is 532. The minimum absolute atomic E-state index is 0.632. The normalized spacial score (nSPS) is 19.8. The Morgan fingerprint density at radius 3 is 2.86 bits per heavy atom. The number of likely N-dealkylation sites (N-methyl/N-ethyl adjacent to an activating group) is 1. The van der Waals surface area contributed by atoms with E-state index in [4.69, 9.17) is 0 Å². The fraction of sp³-hybridized carbons (Fsp3) is 0.471. The van der Waals surface area contributed by atoms with Crippen LogP contribution in [0.15, 0.2) is 43.0 Å². The van der Waals surface area contributed by atoms with Crippen molar-refractivity contribution in [1.82, 2.24) is 19.8 Å². The quantitative estimate of drug-likeness (QED) is 0.915. The van der Waals surface area contributed by atoms with Crippen LogP contribution in [0.4, 0.5) is 0 Å². The average molecular weight is 284 g/mol. The molecule has 1 N–H and O–H groups in total. The van der Waals surface area contributed by atoms with Crippen molar-refractivity contribution in [2.24, 2.45) is 0 Å². The topological polar surface area (TPSA) is 33.1 Å². The molecule has 1 aliphatic heterocycles. The molecule has 4 nitrogen and oxygen atoms in total. The molecule has 1 atom stereocenters. The lowest BCUT2D eigenvalue weighted by Gasteiger charge is -2.32. The molecule has 1 aromatic carbocycles. The van der Waals surface area contributed by atoms with E-state index >= 15 is 0 Å². The number of aromatic nitrogens is 2. The van der Waals surface area contributed by atoms with Crippen molar-refractivity contribution in [3.8, 4) is 5.69 Å². The predicted octanol–water partition coefficient (Wildman–Crippen LogP) is 2.45. The number of piperidine rings is 1. The number of nitrogens with one attached hydrogen (secondary N) is 1. The molecule has 0 spiro atoms. The molecule has 1 aliphatic rings. The van der Waals surface area contributed by atoms with Crippen molar-refractivity contribution >= 4 is 0 Å². The lowest BCUT2D eigenvalue weighted by atomic mass is 10.1. The van der Waals surface area contributed by atoms with Gasteiger partial charge >= 0.3 is 0 Å². The highest BCUT2D eigenvalue weighted by atomic mass is 15.2. The van der Waals surface area contributed by atoms with Gasteiger partial charge in [0.05, 0.1) is 6.33 Å². The van der Waals surface area contributed by atoms with Gasteiger partial charge in [0.2, 0.25) is 0 Å². The predicted molar refractivity (Wildman–Crippen MR) is 85.5 cm³/mol. The number of likely N-dealkylation sites (tertiary alicyclic amines) is 1. The maximum absolute atomic E-state index is 4.08. The fourth-order valence-electron chi connectivity index (χ4n) is 2.97. The van der Waals surface area contributed by atoms with Crippen LogP contribution in [-0.4, -0.2) is 40.1 Å². The van der Waals surface area contributed by atoms with E-state index in [0.717, 1.165) is 18.8 Å². The first-order chi connectivity index (χ1) is 10.3. The molecule has 1 saturated heterocycles. The van der Waals surface area contributed by atoms with Crippen molar-refractivity contribution in [3.05, 3.63) is 48.5 Å². The molecule has 2 aromatic rings. The number of benzene rings is 1. The molecule has 1 unspecified atom stereocenters. The molecule has 0 bridgehead atoms. The number of imidazole rings is 1. The van der Waals surface area contributed by atoms with Crippen LogP contribution in [0.2, 0.25) is 0 Å². The Hall–Kier alpha value is -1.65. The summed E-state index contributed by atoms with van der Waals surface area (Å²) in [6.45, 7) is 6.80. The Labute approximate surface area is 126 Å². The zero-order valence-electron chi connectivity index (χ0n) is 12.7. The van der Waals surface area contributed by atoms with Gasteiger partial charge in [-0.3, -0.25) is 0 Å². The molecule has 0 amide bonds. The van der Waals surface area contributed by atoms with Crippen LogP contribution in [-0.2, 0) is 6.54 Å². The highest BCUT2D eigenvalue weighted by Gasteiger charge is 2.17. The second-order valence-electron chi connectivity index (χ2n) is 5.75. The molecule has 0 aliphatic carbocycles. The van der Waals surface area contributed by atoms with Crippen molar-refractivity contribution in [2.75, 3.05) is 19.6 Å². The number of hydrogen-bond donors (Lipinski definition) is 1. The summed E-state index contributed by atoms with van der Waals surface area (Å²) >= 11 is 0. The highest BCUT2D eigenvalue weighted by molar-refractivity contribution is 5.34. The summed E-state index contributed by atoms with van der Waals surface area (Å²) in [4.78, 5) is 6.61. The third-order valence-corrected chi connectivity index (χ3v) is 4.29. The van der Waals surface area contributed by atoms with E-state index < -0.39 is 0 Å². The largest absolute Gasteiger partial charge is 0.309 e. The van der Waals surface area contributed by atoms with Crippen LogP contribution >= 0.6 is 0 Å². The van der Waals surface area contributed by atoms with Crippen LogP contribution in [0.25, 0.3) is 5.69 Å². The minimum atomic E-state index is 0.632. The molecular formula is C17H24N4. The van der Waals surface area contributed by atoms with E-state index in [1.165, 1.54) is 31.5 Å². The first-order valence-electron chi connectivity index (χ1n) is 7.88. The second-order valence-corrected chi connectivity index (χ2v) is 5.75. The van der Waals surface area contributed by atoms with Crippen molar-refractivity contribution < 1.29 is 0 Å². The van der Waals surface area contributed by atoms with Gasteiger partial charge in [-0.1, -0.05) is 19.1 Å². The maximum atomic E-state index is 4.08. The van der Waals surface area contributed by atoms with Gasteiger partial charge in [-0.05, 0) is 43.6 Å². The van der Waals surface area contributed by atoms with Crippen molar-refractivity contribution in [3.63, 3.8) is 0 Å². The molecule has 2 heterocycles. The van der Waals surface area contributed by atoms with Gasteiger partial charge < -0.3 is 14.8 Å². The van der Waals surface area contributed by atoms with E-state index in [1.807, 2.05) is 17.1 Å². The second kappa shape index (κ2) is 6.87. The lowest BCUT2D eigenvalue weighted by molar-refractivity contribution is 0.198. The van der Waals surface area contributed by atoms with Gasteiger partial charge in [-0.15, -0.1) is 0 Å². The molecule has 0 saturated carbocycles. The summed E-state index contributed by atoms with van der Waals surface area (Å²) in [7, 11) is 0. The van der Waals surface area contributed by atoms with E-state index in [1.54, 1.807) is 6.20 Å². The third-order valence-electron chi connectivity index (χ3n) is 4.29. The Morgan fingerprint density at radius 1 is 1.29 bits per heavy atom. The summed E-state index contributed by atoms with van der Waals surface area (Å²) in [6, 6.07) is 9.33. The van der Waals surface area contributed by atoms with Crippen LogP contribution in [0.3, 0.4) is 0 Å². The highest BCUT2D eigenvalue weighted by Crippen LogP contribution is 2.12. The molecule has 0 radical (unpaired) electrons. The molecule has 4 heteroatoms. The van der Waals surface area contributed by atoms with E-state index in [2.05, 4.69) is 46.4 Å². The molecule has 112 valence electrons. The Balaban J connectivity index is 1.53. The van der Waals surface area contributed by atoms with E-state index in [0.29, 0.717) is 6.04 Å². The number of nitrogens with zero attached hydrogens (tertiary/aromatic N) is 3. The van der Waals surface area contributed by atoms with Crippen LogP contribution in [0, 0.1) is 0 Å². The third kappa shape index (κ3) is 3.71. The molecule has 21 heavy (non-hydrogen) atoms. The monoisotopic (exact) mass is 284 g/mol. The van der Waals surface area contributed by atoms with Gasteiger partial charge in [0.15, 0.2) is 0 Å². The minimum Gasteiger partial charge on any atom is -0.309 e. The lowest BCUT2D eigenvalue weighted by Crippen LogP contribution is -2.45. The van der Waals surface area contributed by atoms with E-state index in [9.17, 15) is 0 Å². The summed E-state index contributed by atoms with van der Waals surface area (Å²) in [5.41, 5.74) is 2.50. The average Bonchev–Trinajstić information content (AvgIpc) is 3.08. The van der Waals surface area contributed by atoms with Gasteiger partial charge in [0, 0.05) is 37.2 Å². The molecule has 1 fully saturated rings. The fourth-order valence-corrected chi connectivity index (χ4v) is 2.97. The first-order valence-corrected chi connectivity index (χ1v) is 7.88. The molecular weight excluding hydrogens is 260 g/mol. The first kappa shape index (κ1) is 14.3. The summed E-state index contributed by atoms with van der Waals surface area (Å²) in [6.07, 6.45) is 8.20. The summed E-state index contributed by atoms with van der Waals surface area (Å²) in [5, 5.41) is 3.70. The van der Waals surface area contributed by atoms with Crippen LogP contribution in [0.5, 0.6) is 0 Å². The van der Waals surface area contributed by atoms with Crippen molar-refractivity contribution in [1.29, 1.82) is 0 Å². The Kier molecular flexibility index (Phi) is 4.68. The van der Waals surface area contributed by atoms with Gasteiger partial charge in [-0.25, -0.2) is 4.98 Å². The zero-order valence-corrected chi connectivity index (χ0v) is 12.7. The smallest absolute Gasteiger partial charge is 0.0991 e. The zero-order chi connectivity index (χ0) is 14.5. The van der Waals surface area contributed by atoms with Gasteiger partial charge in [-0.2, -0.15) is 0 Å². The van der Waals surface area contributed by atoms with Crippen LogP contribution in [0.1, 0.15) is 25.3 Å². The number of hydrogen-bond acceptors (Lipinski definition) is 3. The Morgan fingerprint density at radius 2 is 2.14 bits per heavy atom. The van der Waals surface area contributed by atoms with Gasteiger partial charge in [0.1, 0.15) is 0 Å². The SMILES string of the molecule is CCN1CCCC(NCc2ccc(-n3ccnc3)cc2)C1. The van der Waals surface area contributed by atoms with E-state index in [-0.39, 0.29) is 0 Å². The number of rotatable bonds is 5. The maximum Gasteiger partial charge on any atom is 0.0991 e. The summed E-state index contributed by atoms with van der Waals surface area (Å²) < 4.78 is 2.03. The standard InChI is InChI=1S/C17H24N4/c1-2-20-10-3-4-16(13-20)19-12-15-5-7-17(8-6-15)21-11-9-18-14-21/h5-9,11,14,16,19H,2-4,10,12-13H2,1H3. The van der Waals surface area contributed by atoms with Crippen LogP contribution < -0.4 is 5.32 Å². The van der Waals surface area contributed by atoms with Gasteiger partial charge in [0.25, 0.3) is 0 Å². The summed E-state index contributed by atoms with van der Waals surface area (Å²) in [5.74, 6) is 0. The molecule has 1 aromatic heterocycles. The van der Waals surface area contributed by atoms with Crippen molar-refractivity contribution in [2.45, 2.75) is 32.4 Å². The molecule has 3 rings (SSSR count).